The molecule has 0 aliphatic carbocycles. The zero-order valence-corrected chi connectivity index (χ0v) is 15.2. The minimum atomic E-state index is -0.0349. The normalized spacial score (nSPS) is 19.0. The molecule has 22 heavy (non-hydrogen) atoms. The molecule has 1 aliphatic rings. The fraction of sp³-hybridized carbons (Fsp3) is 0.750. The average Bonchev–Trinajstić information content (AvgIpc) is 2.81. The quantitative estimate of drug-likeness (QED) is 0.925. The predicted octanol–water partition coefficient (Wildman–Crippen LogP) is 2.21. The van der Waals surface area contributed by atoms with E-state index >= 15 is 0 Å². The minimum absolute atomic E-state index is 0. The van der Waals surface area contributed by atoms with Crippen LogP contribution in [0.5, 0.6) is 0 Å². The van der Waals surface area contributed by atoms with E-state index in [2.05, 4.69) is 31.2 Å². The molecule has 6 heteroatoms. The number of hydrogen-bond acceptors (Lipinski definition) is 3. The first kappa shape index (κ1) is 19.0. The molecule has 0 radical (unpaired) electrons. The highest BCUT2D eigenvalue weighted by Gasteiger charge is 2.28. The van der Waals surface area contributed by atoms with E-state index in [0.717, 1.165) is 31.7 Å². The van der Waals surface area contributed by atoms with Crippen molar-refractivity contribution >= 4 is 18.3 Å². The van der Waals surface area contributed by atoms with Crippen molar-refractivity contribution in [2.24, 2.45) is 13.0 Å². The van der Waals surface area contributed by atoms with E-state index in [1.54, 1.807) is 4.68 Å². The van der Waals surface area contributed by atoms with Gasteiger partial charge in [-0.15, -0.1) is 12.4 Å². The van der Waals surface area contributed by atoms with E-state index in [-0.39, 0.29) is 23.7 Å². The molecule has 126 valence electrons. The van der Waals surface area contributed by atoms with E-state index in [4.69, 9.17) is 0 Å². The van der Waals surface area contributed by atoms with Crippen molar-refractivity contribution in [2.75, 3.05) is 26.7 Å². The van der Waals surface area contributed by atoms with Crippen LogP contribution in [-0.2, 0) is 12.5 Å². The Bertz CT molecular complexity index is 505. The maximum Gasteiger partial charge on any atom is 0.272 e. The third kappa shape index (κ3) is 4.23. The number of nitrogens with one attached hydrogen (secondary N) is 1. The van der Waals surface area contributed by atoms with Gasteiger partial charge in [-0.25, -0.2) is 0 Å². The Morgan fingerprint density at radius 1 is 1.45 bits per heavy atom. The Balaban J connectivity index is 0.00000242. The summed E-state index contributed by atoms with van der Waals surface area (Å²) in [6.45, 7) is 9.03. The second-order valence-corrected chi connectivity index (χ2v) is 7.11. The highest BCUT2D eigenvalue weighted by molar-refractivity contribution is 5.92. The van der Waals surface area contributed by atoms with Crippen LogP contribution in [0.2, 0.25) is 0 Å². The van der Waals surface area contributed by atoms with Crippen LogP contribution < -0.4 is 5.32 Å². The van der Waals surface area contributed by atoms with Crippen molar-refractivity contribution in [3.8, 4) is 0 Å². The molecule has 0 saturated carbocycles. The third-order valence-electron chi connectivity index (χ3n) is 4.17. The maximum atomic E-state index is 12.8. The molecule has 0 spiro atoms. The van der Waals surface area contributed by atoms with Crippen LogP contribution in [0, 0.1) is 5.92 Å². The molecular formula is C16H29ClN4O. The molecular weight excluding hydrogens is 300 g/mol. The Hall–Kier alpha value is -1.07. The van der Waals surface area contributed by atoms with Crippen LogP contribution in [0.1, 0.15) is 49.8 Å². The standard InChI is InChI=1S/C16H28N4O.ClH/c1-16(2,3)14-9-13(19(5)18-14)15(21)20-8-6-7-12(11-20)10-17-4;/h9,12,17H,6-8,10-11H2,1-5H3;1H. The number of aryl methyl sites for hydroxylation is 1. The van der Waals surface area contributed by atoms with Gasteiger partial charge in [0.2, 0.25) is 0 Å². The summed E-state index contributed by atoms with van der Waals surface area (Å²) in [5.74, 6) is 0.671. The summed E-state index contributed by atoms with van der Waals surface area (Å²) in [6, 6.07) is 1.95. The number of nitrogens with zero attached hydrogens (tertiary/aromatic N) is 3. The summed E-state index contributed by atoms with van der Waals surface area (Å²) < 4.78 is 1.73. The van der Waals surface area contributed by atoms with Gasteiger partial charge >= 0.3 is 0 Å². The summed E-state index contributed by atoms with van der Waals surface area (Å²) in [6.07, 6.45) is 2.28. The zero-order valence-electron chi connectivity index (χ0n) is 14.3. The number of aromatic nitrogens is 2. The van der Waals surface area contributed by atoms with Gasteiger partial charge in [-0.2, -0.15) is 5.10 Å². The van der Waals surface area contributed by atoms with Crippen LogP contribution in [0.4, 0.5) is 0 Å². The van der Waals surface area contributed by atoms with Crippen LogP contribution >= 0.6 is 12.4 Å². The molecule has 1 aromatic rings. The molecule has 1 unspecified atom stereocenters. The second kappa shape index (κ2) is 7.47. The Morgan fingerprint density at radius 3 is 2.68 bits per heavy atom. The molecule has 1 saturated heterocycles. The molecule has 1 amide bonds. The van der Waals surface area contributed by atoms with Crippen molar-refractivity contribution in [3.05, 3.63) is 17.5 Å². The number of piperidine rings is 1. The van der Waals surface area contributed by atoms with Crippen molar-refractivity contribution < 1.29 is 4.79 Å². The van der Waals surface area contributed by atoms with Crippen molar-refractivity contribution in [3.63, 3.8) is 0 Å². The average molecular weight is 329 g/mol. The first-order valence-electron chi connectivity index (χ1n) is 7.81. The fourth-order valence-electron chi connectivity index (χ4n) is 2.90. The van der Waals surface area contributed by atoms with Crippen LogP contribution in [0.15, 0.2) is 6.07 Å². The number of carbonyl (C=O) groups excluding carboxylic acids is 1. The number of rotatable bonds is 3. The topological polar surface area (TPSA) is 50.2 Å². The van der Waals surface area contributed by atoms with Crippen molar-refractivity contribution in [1.82, 2.24) is 20.0 Å². The SMILES string of the molecule is CNCC1CCCN(C(=O)c2cc(C(C)(C)C)nn2C)C1.Cl. The first-order chi connectivity index (χ1) is 9.82. The smallest absolute Gasteiger partial charge is 0.272 e. The van der Waals surface area contributed by atoms with Gasteiger partial charge in [0.15, 0.2) is 0 Å². The Labute approximate surface area is 139 Å². The Kier molecular flexibility index (Phi) is 6.44. The van der Waals surface area contributed by atoms with Gasteiger partial charge in [-0.05, 0) is 38.4 Å². The van der Waals surface area contributed by atoms with Crippen molar-refractivity contribution in [1.29, 1.82) is 0 Å². The molecule has 5 nitrogen and oxygen atoms in total. The van der Waals surface area contributed by atoms with Gasteiger partial charge in [0, 0.05) is 25.6 Å². The molecule has 2 rings (SSSR count). The van der Waals surface area contributed by atoms with Gasteiger partial charge in [-0.1, -0.05) is 20.8 Å². The van der Waals surface area contributed by atoms with Crippen LogP contribution in [-0.4, -0.2) is 47.3 Å². The van der Waals surface area contributed by atoms with Gasteiger partial charge in [0.05, 0.1) is 5.69 Å². The van der Waals surface area contributed by atoms with Gasteiger partial charge in [0.1, 0.15) is 5.69 Å². The molecule has 0 aromatic carbocycles. The lowest BCUT2D eigenvalue weighted by Gasteiger charge is -2.32. The highest BCUT2D eigenvalue weighted by Crippen LogP contribution is 2.23. The molecule has 1 fully saturated rings. The molecule has 1 N–H and O–H groups in total. The highest BCUT2D eigenvalue weighted by atomic mass is 35.5. The van der Waals surface area contributed by atoms with Gasteiger partial charge < -0.3 is 10.2 Å². The Morgan fingerprint density at radius 2 is 2.14 bits per heavy atom. The largest absolute Gasteiger partial charge is 0.337 e. The number of amides is 1. The van der Waals surface area contributed by atoms with Crippen LogP contribution in [0.25, 0.3) is 0 Å². The second-order valence-electron chi connectivity index (χ2n) is 7.11. The maximum absolute atomic E-state index is 12.8. The van der Waals surface area contributed by atoms with Gasteiger partial charge in [0.25, 0.3) is 5.91 Å². The molecule has 1 aromatic heterocycles. The molecule has 1 aliphatic heterocycles. The first-order valence-corrected chi connectivity index (χ1v) is 7.81. The lowest BCUT2D eigenvalue weighted by atomic mass is 9.92. The number of likely N-dealkylation sites (tertiary alicyclic amines) is 1. The van der Waals surface area contributed by atoms with E-state index in [9.17, 15) is 4.79 Å². The fourth-order valence-corrected chi connectivity index (χ4v) is 2.90. The zero-order chi connectivity index (χ0) is 15.6. The number of hydrogen-bond donors (Lipinski definition) is 1. The number of carbonyl (C=O) groups is 1. The lowest BCUT2D eigenvalue weighted by molar-refractivity contribution is 0.0663. The van der Waals surface area contributed by atoms with E-state index in [1.165, 1.54) is 6.42 Å². The van der Waals surface area contributed by atoms with Crippen LogP contribution in [0.3, 0.4) is 0 Å². The summed E-state index contributed by atoms with van der Waals surface area (Å²) in [5, 5.41) is 7.73. The molecule has 2 heterocycles. The monoisotopic (exact) mass is 328 g/mol. The summed E-state index contributed by atoms with van der Waals surface area (Å²) >= 11 is 0. The lowest BCUT2D eigenvalue weighted by Crippen LogP contribution is -2.43. The third-order valence-corrected chi connectivity index (χ3v) is 4.17. The predicted molar refractivity (Wildman–Crippen MR) is 91.7 cm³/mol. The van der Waals surface area contributed by atoms with E-state index < -0.39 is 0 Å². The van der Waals surface area contributed by atoms with Crippen molar-refractivity contribution in [2.45, 2.75) is 39.0 Å². The molecule has 1 atom stereocenters. The van der Waals surface area contributed by atoms with Gasteiger partial charge in [-0.3, -0.25) is 9.48 Å². The summed E-state index contributed by atoms with van der Waals surface area (Å²) in [4.78, 5) is 14.7. The summed E-state index contributed by atoms with van der Waals surface area (Å²) in [5.41, 5.74) is 1.63. The molecule has 0 bridgehead atoms. The van der Waals surface area contributed by atoms with E-state index in [1.807, 2.05) is 25.1 Å². The van der Waals surface area contributed by atoms with E-state index in [0.29, 0.717) is 11.6 Å². The minimum Gasteiger partial charge on any atom is -0.337 e. The summed E-state index contributed by atoms with van der Waals surface area (Å²) in [7, 11) is 3.83. The number of halogens is 1.